The molecule has 3 rings (SSSR count). The van der Waals surface area contributed by atoms with Crippen LogP contribution in [0, 0.1) is 12.3 Å². The van der Waals surface area contributed by atoms with Gasteiger partial charge in [-0.05, 0) is 61.5 Å². The van der Waals surface area contributed by atoms with Gasteiger partial charge in [-0.25, -0.2) is 0 Å². The molecule has 8 nitrogen and oxygen atoms in total. The van der Waals surface area contributed by atoms with Crippen molar-refractivity contribution in [1.29, 1.82) is 5.41 Å². The molecule has 176 valence electrons. The average Bonchev–Trinajstić information content (AvgIpc) is 2.82. The Morgan fingerprint density at radius 3 is 2.59 bits per heavy atom. The third-order valence-electron chi connectivity index (χ3n) is 4.88. The minimum atomic E-state index is -0.342. The zero-order chi connectivity index (χ0) is 24.7. The topological polar surface area (TPSA) is 122 Å². The highest BCUT2D eigenvalue weighted by Gasteiger charge is 2.15. The van der Waals surface area contributed by atoms with Gasteiger partial charge >= 0.3 is 0 Å². The molecule has 2 aromatic carbocycles. The van der Waals surface area contributed by atoms with Crippen molar-refractivity contribution in [3.8, 4) is 5.75 Å². The van der Waals surface area contributed by atoms with E-state index >= 15 is 0 Å². The number of amidine groups is 1. The van der Waals surface area contributed by atoms with E-state index in [1.807, 2.05) is 19.1 Å². The van der Waals surface area contributed by atoms with Gasteiger partial charge < -0.3 is 25.8 Å². The molecular formula is C25H26ClN5O3. The molecule has 34 heavy (non-hydrogen) atoms. The van der Waals surface area contributed by atoms with Gasteiger partial charge in [-0.1, -0.05) is 18.2 Å². The Labute approximate surface area is 203 Å². The molecular weight excluding hydrogens is 454 g/mol. The van der Waals surface area contributed by atoms with Crippen LogP contribution in [-0.4, -0.2) is 30.4 Å². The van der Waals surface area contributed by atoms with E-state index in [0.717, 1.165) is 5.69 Å². The van der Waals surface area contributed by atoms with Crippen molar-refractivity contribution >= 4 is 34.7 Å². The van der Waals surface area contributed by atoms with Crippen LogP contribution >= 0.6 is 11.6 Å². The monoisotopic (exact) mass is 479 g/mol. The molecule has 1 amide bonds. The van der Waals surface area contributed by atoms with Crippen LogP contribution in [0.1, 0.15) is 27.3 Å². The van der Waals surface area contributed by atoms with E-state index in [1.54, 1.807) is 42.5 Å². The fraction of sp³-hybridized carbons (Fsp3) is 0.160. The highest BCUT2D eigenvalue weighted by Crippen LogP contribution is 2.25. The number of nitrogens with one attached hydrogen (secondary N) is 3. The minimum absolute atomic E-state index is 0.0427. The minimum Gasteiger partial charge on any atom is -0.498 e. The van der Waals surface area contributed by atoms with Gasteiger partial charge in [0.1, 0.15) is 29.6 Å². The molecule has 0 unspecified atom stereocenters. The Morgan fingerprint density at radius 2 is 1.91 bits per heavy atom. The smallest absolute Gasteiger partial charge is 0.257 e. The van der Waals surface area contributed by atoms with Crippen molar-refractivity contribution in [3.63, 3.8) is 0 Å². The lowest BCUT2D eigenvalue weighted by atomic mass is 10.1. The van der Waals surface area contributed by atoms with Crippen LogP contribution in [0.5, 0.6) is 5.75 Å². The first-order chi connectivity index (χ1) is 16.3. The van der Waals surface area contributed by atoms with Gasteiger partial charge in [-0.3, -0.25) is 15.2 Å². The van der Waals surface area contributed by atoms with Crippen LogP contribution in [0.25, 0.3) is 0 Å². The van der Waals surface area contributed by atoms with Gasteiger partial charge in [0, 0.05) is 27.7 Å². The number of anilines is 2. The van der Waals surface area contributed by atoms with Crippen molar-refractivity contribution in [2.45, 2.75) is 13.5 Å². The Morgan fingerprint density at radius 1 is 1.18 bits per heavy atom. The van der Waals surface area contributed by atoms with E-state index in [0.29, 0.717) is 51.3 Å². The number of hydrogen-bond acceptors (Lipinski definition) is 6. The summed E-state index contributed by atoms with van der Waals surface area (Å²) in [5, 5.41) is 14.0. The normalized spacial score (nSPS) is 10.3. The lowest BCUT2D eigenvalue weighted by Crippen LogP contribution is -2.16. The molecule has 0 saturated carbocycles. The van der Waals surface area contributed by atoms with Crippen molar-refractivity contribution in [2.75, 3.05) is 24.4 Å². The summed E-state index contributed by atoms with van der Waals surface area (Å²) in [7, 11) is 1.53. The molecule has 0 aliphatic rings. The third kappa shape index (κ3) is 6.49. The maximum atomic E-state index is 13.0. The number of amides is 1. The van der Waals surface area contributed by atoms with E-state index in [4.69, 9.17) is 32.2 Å². The average molecular weight is 480 g/mol. The number of pyridine rings is 1. The second-order valence-corrected chi connectivity index (χ2v) is 7.85. The summed E-state index contributed by atoms with van der Waals surface area (Å²) in [5.41, 5.74) is 9.07. The molecule has 0 fully saturated rings. The quantitative estimate of drug-likeness (QED) is 0.189. The molecule has 0 radical (unpaired) electrons. The van der Waals surface area contributed by atoms with Gasteiger partial charge in [0.2, 0.25) is 0 Å². The van der Waals surface area contributed by atoms with Crippen molar-refractivity contribution < 1.29 is 14.3 Å². The molecule has 5 N–H and O–H groups in total. The number of carbonyl (C=O) groups is 1. The number of nitrogens with zero attached hydrogens (tertiary/aromatic N) is 1. The molecule has 0 bridgehead atoms. The number of nitrogen functional groups attached to an aromatic ring is 1. The van der Waals surface area contributed by atoms with Crippen LogP contribution in [0.4, 0.5) is 11.4 Å². The second-order valence-electron chi connectivity index (χ2n) is 7.42. The van der Waals surface area contributed by atoms with E-state index < -0.39 is 0 Å². The number of halogens is 1. The number of carbonyl (C=O) groups excluding carboxylic acids is 1. The summed E-state index contributed by atoms with van der Waals surface area (Å²) in [4.78, 5) is 17.6. The van der Waals surface area contributed by atoms with Crippen LogP contribution < -0.4 is 21.1 Å². The van der Waals surface area contributed by atoms with Crippen LogP contribution in [-0.2, 0) is 11.3 Å². The van der Waals surface area contributed by atoms with Crippen LogP contribution in [0.2, 0.25) is 5.02 Å². The molecule has 1 aromatic heterocycles. The molecule has 0 saturated heterocycles. The molecule has 9 heteroatoms. The summed E-state index contributed by atoms with van der Waals surface area (Å²) < 4.78 is 10.8. The maximum absolute atomic E-state index is 13.0. The predicted octanol–water partition coefficient (Wildman–Crippen LogP) is 4.73. The summed E-state index contributed by atoms with van der Waals surface area (Å²) >= 11 is 6.17. The first kappa shape index (κ1) is 24.6. The van der Waals surface area contributed by atoms with Crippen molar-refractivity contribution in [1.82, 2.24) is 4.98 Å². The number of rotatable bonds is 10. The van der Waals surface area contributed by atoms with Gasteiger partial charge in [0.05, 0.1) is 19.2 Å². The summed E-state index contributed by atoms with van der Waals surface area (Å²) in [6.07, 6.45) is 0. The highest BCUT2D eigenvalue weighted by atomic mass is 35.5. The fourth-order valence-electron chi connectivity index (χ4n) is 3.04. The van der Waals surface area contributed by atoms with Gasteiger partial charge in [-0.2, -0.15) is 0 Å². The first-order valence-corrected chi connectivity index (χ1v) is 10.7. The van der Waals surface area contributed by atoms with Gasteiger partial charge in [-0.15, -0.1) is 0 Å². The van der Waals surface area contributed by atoms with Crippen LogP contribution in [0.3, 0.4) is 0 Å². The largest absolute Gasteiger partial charge is 0.498 e. The lowest BCUT2D eigenvalue weighted by Gasteiger charge is -2.15. The van der Waals surface area contributed by atoms with Crippen molar-refractivity contribution in [2.24, 2.45) is 5.73 Å². The Kier molecular flexibility index (Phi) is 8.10. The standard InChI is InChI=1S/C25H26ClN5O3/c1-15-4-11-23(34-14-16(2)33-3)22(30-15)13-29-21-10-7-18(26)12-20(21)25(32)31-19-8-5-17(6-9-19)24(27)28/h4-12,29H,2,13-14H2,1,3H3,(H3,27,28)(H,31,32). The molecule has 0 aliphatic heterocycles. The molecule has 1 heterocycles. The first-order valence-electron chi connectivity index (χ1n) is 10.4. The molecule has 0 spiro atoms. The van der Waals surface area contributed by atoms with Crippen LogP contribution in [0.15, 0.2) is 66.9 Å². The molecule has 0 atom stereocenters. The zero-order valence-electron chi connectivity index (χ0n) is 18.9. The number of ether oxygens (including phenoxy) is 2. The van der Waals surface area contributed by atoms with Gasteiger partial charge in [0.25, 0.3) is 5.91 Å². The van der Waals surface area contributed by atoms with Gasteiger partial charge in [0.15, 0.2) is 0 Å². The fourth-order valence-corrected chi connectivity index (χ4v) is 3.21. The Bertz CT molecular complexity index is 1210. The van der Waals surface area contributed by atoms with E-state index in [9.17, 15) is 4.79 Å². The van der Waals surface area contributed by atoms with Crippen molar-refractivity contribution in [3.05, 3.63) is 94.5 Å². The second kappa shape index (κ2) is 11.2. The maximum Gasteiger partial charge on any atom is 0.257 e. The molecule has 0 aliphatic carbocycles. The number of hydrogen-bond donors (Lipinski definition) is 4. The number of aromatic nitrogens is 1. The zero-order valence-corrected chi connectivity index (χ0v) is 19.7. The van der Waals surface area contributed by atoms with E-state index in [-0.39, 0.29) is 18.3 Å². The third-order valence-corrected chi connectivity index (χ3v) is 5.11. The predicted molar refractivity (Wildman–Crippen MR) is 135 cm³/mol. The summed E-state index contributed by atoms with van der Waals surface area (Å²) in [6, 6.07) is 15.4. The number of nitrogens with two attached hydrogens (primary N) is 1. The lowest BCUT2D eigenvalue weighted by molar-refractivity contribution is 0.102. The Balaban J connectivity index is 1.78. The highest BCUT2D eigenvalue weighted by molar-refractivity contribution is 6.31. The summed E-state index contributed by atoms with van der Waals surface area (Å²) in [6.45, 7) is 6.16. The number of aryl methyl sites for hydroxylation is 1. The molecule has 3 aromatic rings. The summed E-state index contributed by atoms with van der Waals surface area (Å²) in [5.74, 6) is 0.693. The SMILES string of the molecule is C=C(COc1ccc(C)nc1CNc1ccc(Cl)cc1C(=O)Nc1ccc(C(=N)N)cc1)OC. The van der Waals surface area contributed by atoms with E-state index in [1.165, 1.54) is 7.11 Å². The van der Waals surface area contributed by atoms with E-state index in [2.05, 4.69) is 22.2 Å². The number of methoxy groups -OCH3 is 1. The Hall–Kier alpha value is -4.04. The number of benzene rings is 2.